The van der Waals surface area contributed by atoms with Gasteiger partial charge in [0.05, 0.1) is 7.11 Å². The minimum absolute atomic E-state index is 0.510. The monoisotopic (exact) mass is 191 g/mol. The fraction of sp³-hybridized carbons (Fsp3) is 0.500. The first-order valence-electron chi connectivity index (χ1n) is 5.10. The molecule has 0 aliphatic heterocycles. The highest BCUT2D eigenvalue weighted by atomic mass is 16.5. The molecule has 0 amide bonds. The summed E-state index contributed by atoms with van der Waals surface area (Å²) in [4.78, 5) is 0. The van der Waals surface area contributed by atoms with Crippen LogP contribution in [0.3, 0.4) is 0 Å². The maximum atomic E-state index is 5.22. The topological polar surface area (TPSA) is 21.3 Å². The fourth-order valence-corrected chi connectivity index (χ4v) is 2.40. The van der Waals surface area contributed by atoms with Crippen LogP contribution in [-0.2, 0) is 6.42 Å². The summed E-state index contributed by atoms with van der Waals surface area (Å²) < 4.78 is 5.22. The fourth-order valence-electron chi connectivity index (χ4n) is 2.40. The van der Waals surface area contributed by atoms with Crippen LogP contribution in [0.1, 0.15) is 24.1 Å². The largest absolute Gasteiger partial charge is 0.497 e. The first-order chi connectivity index (χ1) is 6.76. The molecule has 0 aromatic heterocycles. The van der Waals surface area contributed by atoms with E-state index in [0.29, 0.717) is 12.0 Å². The van der Waals surface area contributed by atoms with Crippen molar-refractivity contribution in [2.45, 2.75) is 19.4 Å². The lowest BCUT2D eigenvalue weighted by Crippen LogP contribution is -2.19. The summed E-state index contributed by atoms with van der Waals surface area (Å²) in [5, 5.41) is 3.37. The molecular formula is C12H17NO. The predicted octanol–water partition coefficient (Wildman–Crippen LogP) is 2.15. The molecule has 1 aromatic carbocycles. The smallest absolute Gasteiger partial charge is 0.119 e. The summed E-state index contributed by atoms with van der Waals surface area (Å²) in [5.74, 6) is 1.65. The summed E-state index contributed by atoms with van der Waals surface area (Å²) in [6.07, 6.45) is 1.15. The van der Waals surface area contributed by atoms with Gasteiger partial charge >= 0.3 is 0 Å². The van der Waals surface area contributed by atoms with Gasteiger partial charge in [-0.05, 0) is 42.6 Å². The van der Waals surface area contributed by atoms with E-state index >= 15 is 0 Å². The first kappa shape index (κ1) is 9.53. The molecule has 2 rings (SSSR count). The molecule has 0 fully saturated rings. The molecule has 0 saturated heterocycles. The van der Waals surface area contributed by atoms with Gasteiger partial charge in [0.1, 0.15) is 5.75 Å². The van der Waals surface area contributed by atoms with E-state index in [1.165, 1.54) is 11.1 Å². The van der Waals surface area contributed by atoms with Gasteiger partial charge in [0.2, 0.25) is 0 Å². The van der Waals surface area contributed by atoms with Crippen molar-refractivity contribution in [1.82, 2.24) is 5.32 Å². The van der Waals surface area contributed by atoms with Crippen molar-refractivity contribution < 1.29 is 4.74 Å². The molecule has 2 nitrogen and oxygen atoms in total. The number of fused-ring (bicyclic) bond motifs is 1. The van der Waals surface area contributed by atoms with Gasteiger partial charge in [-0.2, -0.15) is 0 Å². The number of rotatable bonds is 2. The van der Waals surface area contributed by atoms with E-state index in [2.05, 4.69) is 24.4 Å². The summed E-state index contributed by atoms with van der Waals surface area (Å²) in [6.45, 7) is 2.29. The van der Waals surface area contributed by atoms with Crippen LogP contribution in [0.25, 0.3) is 0 Å². The van der Waals surface area contributed by atoms with Gasteiger partial charge in [-0.3, -0.25) is 0 Å². The van der Waals surface area contributed by atoms with Crippen LogP contribution < -0.4 is 10.1 Å². The Morgan fingerprint density at radius 3 is 2.86 bits per heavy atom. The maximum absolute atomic E-state index is 5.22. The highest BCUT2D eigenvalue weighted by Crippen LogP contribution is 2.37. The third kappa shape index (κ3) is 1.40. The van der Waals surface area contributed by atoms with E-state index in [1.54, 1.807) is 7.11 Å². The van der Waals surface area contributed by atoms with Crippen molar-refractivity contribution in [3.63, 3.8) is 0 Å². The summed E-state index contributed by atoms with van der Waals surface area (Å²) in [6, 6.07) is 6.89. The minimum atomic E-state index is 0.510. The van der Waals surface area contributed by atoms with Crippen LogP contribution >= 0.6 is 0 Å². The summed E-state index contributed by atoms with van der Waals surface area (Å²) in [5.41, 5.74) is 2.86. The minimum Gasteiger partial charge on any atom is -0.497 e. The van der Waals surface area contributed by atoms with Crippen LogP contribution in [0.5, 0.6) is 5.75 Å². The van der Waals surface area contributed by atoms with Gasteiger partial charge < -0.3 is 10.1 Å². The average Bonchev–Trinajstić information content (AvgIpc) is 2.51. The lowest BCUT2D eigenvalue weighted by molar-refractivity contribution is 0.414. The highest BCUT2D eigenvalue weighted by Gasteiger charge is 2.27. The van der Waals surface area contributed by atoms with Crippen molar-refractivity contribution in [2.24, 2.45) is 5.92 Å². The zero-order valence-electron chi connectivity index (χ0n) is 9.00. The van der Waals surface area contributed by atoms with E-state index in [-0.39, 0.29) is 0 Å². The van der Waals surface area contributed by atoms with Gasteiger partial charge in [-0.1, -0.05) is 13.0 Å². The average molecular weight is 191 g/mol. The Labute approximate surface area is 85.3 Å². The van der Waals surface area contributed by atoms with Crippen LogP contribution in [0.4, 0.5) is 0 Å². The molecule has 14 heavy (non-hydrogen) atoms. The van der Waals surface area contributed by atoms with Gasteiger partial charge in [0.25, 0.3) is 0 Å². The van der Waals surface area contributed by atoms with E-state index in [1.807, 2.05) is 13.1 Å². The normalized spacial score (nSPS) is 24.8. The molecule has 0 radical (unpaired) electrons. The van der Waals surface area contributed by atoms with E-state index in [9.17, 15) is 0 Å². The Kier molecular flexibility index (Phi) is 2.46. The number of benzene rings is 1. The molecule has 2 unspecified atom stereocenters. The molecule has 0 heterocycles. The second-order valence-corrected chi connectivity index (χ2v) is 4.01. The predicted molar refractivity (Wildman–Crippen MR) is 57.7 cm³/mol. The molecule has 1 N–H and O–H groups in total. The van der Waals surface area contributed by atoms with Crippen LogP contribution in [0, 0.1) is 5.92 Å². The second-order valence-electron chi connectivity index (χ2n) is 4.01. The van der Waals surface area contributed by atoms with Crippen LogP contribution in [0.2, 0.25) is 0 Å². The molecule has 1 aliphatic carbocycles. The van der Waals surface area contributed by atoms with Gasteiger partial charge in [0.15, 0.2) is 0 Å². The number of methoxy groups -OCH3 is 1. The van der Waals surface area contributed by atoms with Crippen molar-refractivity contribution >= 4 is 0 Å². The first-order valence-corrected chi connectivity index (χ1v) is 5.10. The SMILES string of the molecule is CNC1c2ccc(OC)cc2CC1C. The van der Waals surface area contributed by atoms with E-state index in [4.69, 9.17) is 4.74 Å². The van der Waals surface area contributed by atoms with E-state index in [0.717, 1.165) is 12.2 Å². The molecule has 1 aliphatic rings. The molecule has 1 aromatic rings. The molecule has 0 saturated carbocycles. The molecule has 2 heteroatoms. The van der Waals surface area contributed by atoms with Crippen molar-refractivity contribution in [3.8, 4) is 5.75 Å². The summed E-state index contributed by atoms with van der Waals surface area (Å²) >= 11 is 0. The number of hydrogen-bond acceptors (Lipinski definition) is 2. The Bertz CT molecular complexity index is 335. The zero-order valence-corrected chi connectivity index (χ0v) is 9.00. The Morgan fingerprint density at radius 2 is 2.21 bits per heavy atom. The molecule has 0 spiro atoms. The van der Waals surface area contributed by atoms with Crippen molar-refractivity contribution in [1.29, 1.82) is 0 Å². The van der Waals surface area contributed by atoms with Crippen molar-refractivity contribution in [3.05, 3.63) is 29.3 Å². The molecule has 76 valence electrons. The van der Waals surface area contributed by atoms with Gasteiger partial charge in [-0.25, -0.2) is 0 Å². The third-order valence-corrected chi connectivity index (χ3v) is 3.11. The summed E-state index contributed by atoms with van der Waals surface area (Å²) in [7, 11) is 3.75. The highest BCUT2D eigenvalue weighted by molar-refractivity contribution is 5.41. The number of hydrogen-bond donors (Lipinski definition) is 1. The van der Waals surface area contributed by atoms with Gasteiger partial charge in [-0.15, -0.1) is 0 Å². The van der Waals surface area contributed by atoms with Crippen LogP contribution in [0.15, 0.2) is 18.2 Å². The number of nitrogens with one attached hydrogen (secondary N) is 1. The quantitative estimate of drug-likeness (QED) is 0.773. The molecule has 2 atom stereocenters. The lowest BCUT2D eigenvalue weighted by Gasteiger charge is -2.15. The third-order valence-electron chi connectivity index (χ3n) is 3.11. The Hall–Kier alpha value is -1.02. The Balaban J connectivity index is 2.37. The molecule has 0 bridgehead atoms. The van der Waals surface area contributed by atoms with Crippen molar-refractivity contribution in [2.75, 3.05) is 14.2 Å². The lowest BCUT2D eigenvalue weighted by atomic mass is 10.0. The Morgan fingerprint density at radius 1 is 1.43 bits per heavy atom. The maximum Gasteiger partial charge on any atom is 0.119 e. The number of ether oxygens (including phenoxy) is 1. The second kappa shape index (κ2) is 3.62. The zero-order chi connectivity index (χ0) is 10.1. The molecular weight excluding hydrogens is 174 g/mol. The van der Waals surface area contributed by atoms with Gasteiger partial charge in [0, 0.05) is 6.04 Å². The van der Waals surface area contributed by atoms with E-state index < -0.39 is 0 Å². The standard InChI is InChI=1S/C12H17NO/c1-8-6-9-7-10(14-3)4-5-11(9)12(8)13-2/h4-5,7-8,12-13H,6H2,1-3H3. The van der Waals surface area contributed by atoms with Crippen LogP contribution in [-0.4, -0.2) is 14.2 Å².